The standard InChI is InChI=1S/C49H94N2O2/c1-4-7-9-11-13-15-17-19-21-23-25-27-29-31-33-36-40-47(44-48(52)6-3)41-37-35-39-43-51(46-49(53)45-50)42-38-34-32-30-28-26-24-22-20-18-16-14-12-10-8-5-2/h13-16,19-22,47-49,52-53H,4-12,17-18,23-46,50H2,1-3H3/b15-13+,16-14-,21-19-,22-20+. The van der Waals surface area contributed by atoms with E-state index in [0.29, 0.717) is 19.0 Å². The lowest BCUT2D eigenvalue weighted by Gasteiger charge is -2.25. The molecule has 4 nitrogen and oxygen atoms in total. The molecule has 0 fully saturated rings. The van der Waals surface area contributed by atoms with Gasteiger partial charge in [-0.3, -0.25) is 0 Å². The summed E-state index contributed by atoms with van der Waals surface area (Å²) in [6, 6.07) is 0. The topological polar surface area (TPSA) is 69.7 Å². The molecular formula is C49H94N2O2. The molecule has 0 aliphatic heterocycles. The summed E-state index contributed by atoms with van der Waals surface area (Å²) in [5.41, 5.74) is 5.78. The molecular weight excluding hydrogens is 649 g/mol. The van der Waals surface area contributed by atoms with Gasteiger partial charge in [0.05, 0.1) is 12.2 Å². The molecule has 4 N–H and O–H groups in total. The third-order valence-corrected chi connectivity index (χ3v) is 10.9. The van der Waals surface area contributed by atoms with Crippen molar-refractivity contribution in [3.63, 3.8) is 0 Å². The maximum Gasteiger partial charge on any atom is 0.0789 e. The lowest BCUT2D eigenvalue weighted by molar-refractivity contribution is 0.115. The van der Waals surface area contributed by atoms with Crippen LogP contribution in [-0.4, -0.2) is 53.5 Å². The molecule has 0 saturated heterocycles. The fourth-order valence-electron chi connectivity index (χ4n) is 7.29. The van der Waals surface area contributed by atoms with Crippen LogP contribution < -0.4 is 5.73 Å². The number of aliphatic hydroxyl groups is 2. The first-order valence-corrected chi connectivity index (χ1v) is 23.5. The van der Waals surface area contributed by atoms with Gasteiger partial charge in [0.15, 0.2) is 0 Å². The quantitative estimate of drug-likeness (QED) is 0.0430. The van der Waals surface area contributed by atoms with E-state index in [-0.39, 0.29) is 6.10 Å². The molecule has 0 aliphatic carbocycles. The largest absolute Gasteiger partial charge is 0.393 e. The maximum atomic E-state index is 10.4. The van der Waals surface area contributed by atoms with Gasteiger partial charge >= 0.3 is 0 Å². The number of aliphatic hydroxyl groups excluding tert-OH is 2. The summed E-state index contributed by atoms with van der Waals surface area (Å²) in [6.07, 6.45) is 57.1. The molecule has 0 heterocycles. The summed E-state index contributed by atoms with van der Waals surface area (Å²) in [5.74, 6) is 0.657. The highest BCUT2D eigenvalue weighted by Gasteiger charge is 2.14. The lowest BCUT2D eigenvalue weighted by Crippen LogP contribution is -2.37. The Morgan fingerprint density at radius 2 is 0.830 bits per heavy atom. The van der Waals surface area contributed by atoms with Gasteiger partial charge in [0.1, 0.15) is 0 Å². The van der Waals surface area contributed by atoms with Gasteiger partial charge in [0, 0.05) is 13.1 Å². The molecule has 4 heteroatoms. The van der Waals surface area contributed by atoms with Gasteiger partial charge in [-0.1, -0.05) is 179 Å². The monoisotopic (exact) mass is 743 g/mol. The molecule has 0 aromatic rings. The Hall–Kier alpha value is -1.20. The highest BCUT2D eigenvalue weighted by molar-refractivity contribution is 4.93. The number of hydrogen-bond acceptors (Lipinski definition) is 4. The van der Waals surface area contributed by atoms with Crippen LogP contribution in [0.5, 0.6) is 0 Å². The van der Waals surface area contributed by atoms with Crippen LogP contribution in [0.4, 0.5) is 0 Å². The zero-order valence-electron chi connectivity index (χ0n) is 36.0. The average molecular weight is 743 g/mol. The Bertz CT molecular complexity index is 755. The molecule has 0 rings (SSSR count). The predicted molar refractivity (Wildman–Crippen MR) is 238 cm³/mol. The molecule has 0 radical (unpaired) electrons. The van der Waals surface area contributed by atoms with E-state index < -0.39 is 6.10 Å². The molecule has 3 atom stereocenters. The van der Waals surface area contributed by atoms with Gasteiger partial charge in [-0.15, -0.1) is 0 Å². The molecule has 0 aromatic carbocycles. The highest BCUT2D eigenvalue weighted by atomic mass is 16.3. The number of nitrogens with two attached hydrogens (primary N) is 1. The first kappa shape index (κ1) is 51.8. The SMILES string of the molecule is CCCCC/C=C\C/C=C/CCCCCCCCN(CCCCCC(CCCCCCCC/C=C\C/C=C/CCCCC)CC(O)CC)CC(O)CN. The van der Waals surface area contributed by atoms with Crippen LogP contribution in [0.25, 0.3) is 0 Å². The first-order valence-electron chi connectivity index (χ1n) is 23.5. The van der Waals surface area contributed by atoms with Crippen LogP contribution in [-0.2, 0) is 0 Å². The van der Waals surface area contributed by atoms with Crippen molar-refractivity contribution < 1.29 is 10.2 Å². The Morgan fingerprint density at radius 3 is 1.25 bits per heavy atom. The summed E-state index contributed by atoms with van der Waals surface area (Å²) < 4.78 is 0. The second-order valence-electron chi connectivity index (χ2n) is 16.2. The second-order valence-corrected chi connectivity index (χ2v) is 16.2. The minimum Gasteiger partial charge on any atom is -0.393 e. The molecule has 0 bridgehead atoms. The Labute approximate surface area is 332 Å². The number of unbranched alkanes of at least 4 members (excludes halogenated alkanes) is 20. The number of allylic oxidation sites excluding steroid dienone is 8. The van der Waals surface area contributed by atoms with Crippen LogP contribution in [0.15, 0.2) is 48.6 Å². The van der Waals surface area contributed by atoms with Gasteiger partial charge in [0.25, 0.3) is 0 Å². The zero-order chi connectivity index (χ0) is 38.7. The zero-order valence-corrected chi connectivity index (χ0v) is 36.0. The number of nitrogens with zero attached hydrogens (tertiary/aromatic N) is 1. The molecule has 0 saturated carbocycles. The minimum absolute atomic E-state index is 0.146. The van der Waals surface area contributed by atoms with Gasteiger partial charge in [-0.05, 0) is 109 Å². The van der Waals surface area contributed by atoms with E-state index in [0.717, 1.165) is 38.8 Å². The van der Waals surface area contributed by atoms with Crippen LogP contribution in [0, 0.1) is 5.92 Å². The smallest absolute Gasteiger partial charge is 0.0789 e. The number of hydrogen-bond donors (Lipinski definition) is 3. The van der Waals surface area contributed by atoms with Gasteiger partial charge < -0.3 is 20.8 Å². The minimum atomic E-state index is -0.422. The van der Waals surface area contributed by atoms with Crippen molar-refractivity contribution in [2.45, 2.75) is 232 Å². The van der Waals surface area contributed by atoms with Crippen molar-refractivity contribution in [2.24, 2.45) is 11.7 Å². The van der Waals surface area contributed by atoms with Gasteiger partial charge in [-0.2, -0.15) is 0 Å². The van der Waals surface area contributed by atoms with Crippen LogP contribution in [0.1, 0.15) is 220 Å². The fourth-order valence-corrected chi connectivity index (χ4v) is 7.29. The second kappa shape index (κ2) is 43.5. The van der Waals surface area contributed by atoms with Crippen molar-refractivity contribution in [1.29, 1.82) is 0 Å². The lowest BCUT2D eigenvalue weighted by atomic mass is 9.89. The predicted octanol–water partition coefficient (Wildman–Crippen LogP) is 14.0. The number of rotatable bonds is 42. The Kier molecular flexibility index (Phi) is 42.5. The molecule has 0 spiro atoms. The summed E-state index contributed by atoms with van der Waals surface area (Å²) in [5, 5.41) is 20.7. The summed E-state index contributed by atoms with van der Waals surface area (Å²) in [6.45, 7) is 9.82. The summed E-state index contributed by atoms with van der Waals surface area (Å²) >= 11 is 0. The molecule has 0 aliphatic rings. The van der Waals surface area contributed by atoms with E-state index in [9.17, 15) is 10.2 Å². The Balaban J connectivity index is 4.10. The van der Waals surface area contributed by atoms with E-state index in [2.05, 4.69) is 74.3 Å². The average Bonchev–Trinajstić information content (AvgIpc) is 3.16. The van der Waals surface area contributed by atoms with E-state index in [1.807, 2.05) is 0 Å². The molecule has 53 heavy (non-hydrogen) atoms. The summed E-state index contributed by atoms with van der Waals surface area (Å²) in [4.78, 5) is 2.46. The molecule has 3 unspecified atom stereocenters. The van der Waals surface area contributed by atoms with Crippen LogP contribution in [0.2, 0.25) is 0 Å². The van der Waals surface area contributed by atoms with E-state index in [1.165, 1.54) is 173 Å². The van der Waals surface area contributed by atoms with Crippen molar-refractivity contribution >= 4 is 0 Å². The molecule has 0 amide bonds. The van der Waals surface area contributed by atoms with Crippen LogP contribution in [0.3, 0.4) is 0 Å². The third-order valence-electron chi connectivity index (χ3n) is 10.9. The van der Waals surface area contributed by atoms with Gasteiger partial charge in [-0.25, -0.2) is 0 Å². The van der Waals surface area contributed by atoms with Crippen molar-refractivity contribution in [3.8, 4) is 0 Å². The highest BCUT2D eigenvalue weighted by Crippen LogP contribution is 2.24. The van der Waals surface area contributed by atoms with E-state index in [1.54, 1.807) is 0 Å². The van der Waals surface area contributed by atoms with Crippen LogP contribution >= 0.6 is 0 Å². The van der Waals surface area contributed by atoms with Crippen molar-refractivity contribution in [3.05, 3.63) is 48.6 Å². The van der Waals surface area contributed by atoms with E-state index in [4.69, 9.17) is 5.73 Å². The normalized spacial score (nSPS) is 14.2. The van der Waals surface area contributed by atoms with Gasteiger partial charge in [0.2, 0.25) is 0 Å². The maximum absolute atomic E-state index is 10.4. The van der Waals surface area contributed by atoms with Crippen molar-refractivity contribution in [1.82, 2.24) is 4.90 Å². The fraction of sp³-hybridized carbons (Fsp3) is 0.837. The first-order chi connectivity index (χ1) is 26.1. The Morgan fingerprint density at radius 1 is 0.453 bits per heavy atom. The van der Waals surface area contributed by atoms with Crippen molar-refractivity contribution in [2.75, 3.05) is 26.2 Å². The summed E-state index contributed by atoms with van der Waals surface area (Å²) in [7, 11) is 0. The van der Waals surface area contributed by atoms with E-state index >= 15 is 0 Å². The third kappa shape index (κ3) is 40.3. The molecule has 0 aromatic heterocycles. The molecule has 312 valence electrons.